The molecule has 0 aliphatic heterocycles. The highest BCUT2D eigenvalue weighted by molar-refractivity contribution is 7.13. The molecule has 4 nitrogen and oxygen atoms in total. The van der Waals surface area contributed by atoms with Crippen LogP contribution in [0, 0.1) is 0 Å². The Hall–Kier alpha value is -2.83. The molecule has 0 radical (unpaired) electrons. The van der Waals surface area contributed by atoms with Crippen LogP contribution in [-0.4, -0.2) is 17.1 Å². The van der Waals surface area contributed by atoms with Gasteiger partial charge in [0, 0.05) is 10.9 Å². The van der Waals surface area contributed by atoms with Gasteiger partial charge in [-0.1, -0.05) is 24.3 Å². The van der Waals surface area contributed by atoms with E-state index in [1.807, 2.05) is 64.7 Å². The highest BCUT2D eigenvalue weighted by atomic mass is 32.1. The third kappa shape index (κ3) is 3.35. The molecule has 3 heterocycles. The Kier molecular flexibility index (Phi) is 4.37. The topological polar surface area (TPSA) is 54.4 Å². The molecule has 1 N–H and O–H groups in total. The smallest absolute Gasteiger partial charge is 0.267 e. The standard InChI is InChI=1S/C19H13N3OS2/c23-19(22-20-11-13-7-9-24-12-13)15-10-17(18-6-3-8-25-18)21-16-5-2-1-4-14(15)16/h1-12H,(H,22,23)/b20-11-. The number of thiophene rings is 2. The van der Waals surface area contributed by atoms with Crippen LogP contribution in [0.1, 0.15) is 15.9 Å². The molecule has 1 aromatic carbocycles. The van der Waals surface area contributed by atoms with Crippen LogP contribution in [0.5, 0.6) is 0 Å². The van der Waals surface area contributed by atoms with Crippen LogP contribution in [0.2, 0.25) is 0 Å². The van der Waals surface area contributed by atoms with Crippen molar-refractivity contribution in [1.82, 2.24) is 10.4 Å². The number of benzene rings is 1. The maximum atomic E-state index is 12.7. The Balaban J connectivity index is 1.70. The fourth-order valence-corrected chi connectivity index (χ4v) is 3.78. The van der Waals surface area contributed by atoms with E-state index < -0.39 is 0 Å². The number of hydrogen-bond donors (Lipinski definition) is 1. The Labute approximate surface area is 152 Å². The van der Waals surface area contributed by atoms with E-state index in [1.54, 1.807) is 28.9 Å². The van der Waals surface area contributed by atoms with Crippen LogP contribution < -0.4 is 5.43 Å². The molecular formula is C19H13N3OS2. The molecule has 0 unspecified atom stereocenters. The van der Waals surface area contributed by atoms with Crippen molar-refractivity contribution in [2.45, 2.75) is 0 Å². The summed E-state index contributed by atoms with van der Waals surface area (Å²) in [4.78, 5) is 18.4. The van der Waals surface area contributed by atoms with E-state index in [0.29, 0.717) is 5.56 Å². The molecular weight excluding hydrogens is 350 g/mol. The zero-order valence-electron chi connectivity index (χ0n) is 13.0. The number of carbonyl (C=O) groups is 1. The zero-order chi connectivity index (χ0) is 17.1. The third-order valence-electron chi connectivity index (χ3n) is 3.66. The van der Waals surface area contributed by atoms with Gasteiger partial charge in [0.1, 0.15) is 0 Å². The second-order valence-electron chi connectivity index (χ2n) is 5.31. The number of para-hydroxylation sites is 1. The normalized spacial score (nSPS) is 11.2. The number of nitrogens with zero attached hydrogens (tertiary/aromatic N) is 2. The molecule has 0 bridgehead atoms. The average molecular weight is 363 g/mol. The summed E-state index contributed by atoms with van der Waals surface area (Å²) in [6.45, 7) is 0. The SMILES string of the molecule is O=C(N/N=C\c1ccsc1)c1cc(-c2cccs2)nc2ccccc12. The molecule has 25 heavy (non-hydrogen) atoms. The van der Waals surface area contributed by atoms with Crippen LogP contribution in [0.25, 0.3) is 21.5 Å². The number of hydrogen-bond acceptors (Lipinski definition) is 5. The minimum Gasteiger partial charge on any atom is -0.267 e. The lowest BCUT2D eigenvalue weighted by Gasteiger charge is -2.07. The van der Waals surface area contributed by atoms with E-state index in [1.165, 1.54) is 0 Å². The Morgan fingerprint density at radius 2 is 2.04 bits per heavy atom. The van der Waals surface area contributed by atoms with E-state index in [4.69, 9.17) is 0 Å². The van der Waals surface area contributed by atoms with Crippen molar-refractivity contribution >= 4 is 45.7 Å². The monoisotopic (exact) mass is 363 g/mol. The van der Waals surface area contributed by atoms with E-state index >= 15 is 0 Å². The first-order valence-corrected chi connectivity index (χ1v) is 9.43. The predicted molar refractivity (Wildman–Crippen MR) is 104 cm³/mol. The molecule has 6 heteroatoms. The quantitative estimate of drug-likeness (QED) is 0.419. The molecule has 0 saturated carbocycles. The van der Waals surface area contributed by atoms with E-state index in [9.17, 15) is 4.79 Å². The summed E-state index contributed by atoms with van der Waals surface area (Å²) in [6.07, 6.45) is 1.64. The number of hydrazone groups is 1. The predicted octanol–water partition coefficient (Wildman–Crippen LogP) is 4.79. The highest BCUT2D eigenvalue weighted by Gasteiger charge is 2.13. The number of rotatable bonds is 4. The van der Waals surface area contributed by atoms with Gasteiger partial charge >= 0.3 is 0 Å². The van der Waals surface area contributed by atoms with Crippen LogP contribution in [0.3, 0.4) is 0 Å². The van der Waals surface area contributed by atoms with Gasteiger partial charge in [-0.05, 0) is 40.4 Å². The molecule has 0 aliphatic carbocycles. The minimum absolute atomic E-state index is 0.247. The third-order valence-corrected chi connectivity index (χ3v) is 5.25. The lowest BCUT2D eigenvalue weighted by atomic mass is 10.1. The molecule has 0 aliphatic rings. The Morgan fingerprint density at radius 3 is 2.84 bits per heavy atom. The first kappa shape index (κ1) is 15.7. The van der Waals surface area contributed by atoms with Crippen molar-refractivity contribution in [3.63, 3.8) is 0 Å². The summed E-state index contributed by atoms with van der Waals surface area (Å²) in [5, 5.41) is 10.8. The average Bonchev–Trinajstić information content (AvgIpc) is 3.34. The molecule has 4 rings (SSSR count). The van der Waals surface area contributed by atoms with Gasteiger partial charge < -0.3 is 0 Å². The number of nitrogens with one attached hydrogen (secondary N) is 1. The lowest BCUT2D eigenvalue weighted by Crippen LogP contribution is -2.18. The van der Waals surface area contributed by atoms with Gasteiger partial charge in [-0.15, -0.1) is 11.3 Å². The summed E-state index contributed by atoms with van der Waals surface area (Å²) in [5.41, 5.74) is 5.73. The number of aromatic nitrogens is 1. The van der Waals surface area contributed by atoms with Crippen LogP contribution in [0.15, 0.2) is 69.8 Å². The first-order valence-electron chi connectivity index (χ1n) is 7.60. The van der Waals surface area contributed by atoms with Crippen molar-refractivity contribution < 1.29 is 4.79 Å². The van der Waals surface area contributed by atoms with Gasteiger partial charge in [-0.3, -0.25) is 4.79 Å². The molecule has 4 aromatic rings. The van der Waals surface area contributed by atoms with Crippen molar-refractivity contribution in [3.05, 3.63) is 75.8 Å². The van der Waals surface area contributed by atoms with E-state index in [-0.39, 0.29) is 5.91 Å². The van der Waals surface area contributed by atoms with Crippen molar-refractivity contribution in [3.8, 4) is 10.6 Å². The number of amides is 1. The van der Waals surface area contributed by atoms with Crippen molar-refractivity contribution in [1.29, 1.82) is 0 Å². The minimum atomic E-state index is -0.247. The summed E-state index contributed by atoms with van der Waals surface area (Å²) in [6, 6.07) is 15.4. The second-order valence-corrected chi connectivity index (χ2v) is 7.03. The van der Waals surface area contributed by atoms with Gasteiger partial charge in [0.05, 0.1) is 27.9 Å². The van der Waals surface area contributed by atoms with E-state index in [2.05, 4.69) is 15.5 Å². The maximum Gasteiger partial charge on any atom is 0.272 e. The summed E-state index contributed by atoms with van der Waals surface area (Å²) in [7, 11) is 0. The molecule has 122 valence electrons. The Bertz CT molecular complexity index is 1040. The van der Waals surface area contributed by atoms with E-state index in [0.717, 1.165) is 27.0 Å². The van der Waals surface area contributed by atoms with Crippen LogP contribution >= 0.6 is 22.7 Å². The first-order chi connectivity index (χ1) is 12.3. The molecule has 0 saturated heterocycles. The summed E-state index contributed by atoms with van der Waals surface area (Å²) < 4.78 is 0. The van der Waals surface area contributed by atoms with Crippen molar-refractivity contribution in [2.75, 3.05) is 0 Å². The second kappa shape index (κ2) is 6.96. The van der Waals surface area contributed by atoms with Crippen molar-refractivity contribution in [2.24, 2.45) is 5.10 Å². The largest absolute Gasteiger partial charge is 0.272 e. The molecule has 0 fully saturated rings. The summed E-state index contributed by atoms with van der Waals surface area (Å²) >= 11 is 3.18. The molecule has 1 amide bonds. The van der Waals surface area contributed by atoms with Gasteiger partial charge in [0.25, 0.3) is 5.91 Å². The number of fused-ring (bicyclic) bond motifs is 1. The molecule has 0 spiro atoms. The van der Waals surface area contributed by atoms with Gasteiger partial charge in [-0.2, -0.15) is 16.4 Å². The number of carbonyl (C=O) groups excluding carboxylic acids is 1. The highest BCUT2D eigenvalue weighted by Crippen LogP contribution is 2.27. The van der Waals surface area contributed by atoms with Crippen LogP contribution in [-0.2, 0) is 0 Å². The maximum absolute atomic E-state index is 12.7. The Morgan fingerprint density at radius 1 is 1.12 bits per heavy atom. The van der Waals surface area contributed by atoms with Gasteiger partial charge in [0.15, 0.2) is 0 Å². The van der Waals surface area contributed by atoms with Gasteiger partial charge in [-0.25, -0.2) is 10.4 Å². The fourth-order valence-electron chi connectivity index (χ4n) is 2.49. The zero-order valence-corrected chi connectivity index (χ0v) is 14.7. The number of pyridine rings is 1. The summed E-state index contributed by atoms with van der Waals surface area (Å²) in [5.74, 6) is -0.247. The van der Waals surface area contributed by atoms with Gasteiger partial charge in [0.2, 0.25) is 0 Å². The molecule has 3 aromatic heterocycles. The van der Waals surface area contributed by atoms with Crippen LogP contribution in [0.4, 0.5) is 0 Å². The fraction of sp³-hybridized carbons (Fsp3) is 0. The molecule has 0 atom stereocenters. The lowest BCUT2D eigenvalue weighted by molar-refractivity contribution is 0.0957.